The molecule has 0 heterocycles. The van der Waals surface area contributed by atoms with E-state index >= 15 is 0 Å². The monoisotopic (exact) mass is 305 g/mol. The number of rotatable bonds is 4. The second kappa shape index (κ2) is 6.42. The second-order valence-electron chi connectivity index (χ2n) is 4.40. The average molecular weight is 305 g/mol. The van der Waals surface area contributed by atoms with Gasteiger partial charge in [-0.1, -0.05) is 6.07 Å². The average Bonchev–Trinajstić information content (AvgIpc) is 2.32. The predicted octanol–water partition coefficient (Wildman–Crippen LogP) is 3.29. The highest BCUT2D eigenvalue weighted by Gasteiger charge is 2.26. The van der Waals surface area contributed by atoms with E-state index in [-0.39, 0.29) is 16.9 Å². The minimum atomic E-state index is -4.36. The number of carbonyl (C=O) groups is 1. The minimum Gasteiger partial charge on any atom is -0.338 e. The van der Waals surface area contributed by atoms with Crippen molar-refractivity contribution in [3.05, 3.63) is 33.4 Å². The summed E-state index contributed by atoms with van der Waals surface area (Å²) < 4.78 is 35.9. The smallest absolute Gasteiger partial charge is 0.338 e. The number of nitro groups is 1. The summed E-state index contributed by atoms with van der Waals surface area (Å²) >= 11 is 0. The minimum absolute atomic E-state index is 0.175. The van der Waals surface area contributed by atoms with Crippen LogP contribution in [0.15, 0.2) is 12.1 Å². The third-order valence-electron chi connectivity index (χ3n) is 2.77. The van der Waals surface area contributed by atoms with Crippen LogP contribution in [0, 0.1) is 24.0 Å². The van der Waals surface area contributed by atoms with Gasteiger partial charge in [0.1, 0.15) is 0 Å². The fourth-order valence-electron chi connectivity index (χ4n) is 1.70. The lowest BCUT2D eigenvalue weighted by Crippen LogP contribution is -2.32. The quantitative estimate of drug-likeness (QED) is 0.661. The molecule has 0 aliphatic rings. The van der Waals surface area contributed by atoms with Crippen molar-refractivity contribution in [3.63, 3.8) is 0 Å². The number of aryl methyl sites for hydroxylation is 1. The van der Waals surface area contributed by atoms with Gasteiger partial charge in [-0.15, -0.1) is 0 Å². The number of alkyl halides is 3. The first-order chi connectivity index (χ1) is 9.61. The molecule has 0 saturated heterocycles. The summed E-state index contributed by atoms with van der Waals surface area (Å²) in [5, 5.41) is 15.2. The fraction of sp³-hybridized carbons (Fsp3) is 0.417. The van der Waals surface area contributed by atoms with E-state index in [1.54, 1.807) is 6.92 Å². The molecule has 0 fully saturated rings. The van der Waals surface area contributed by atoms with Gasteiger partial charge in [0.05, 0.1) is 22.6 Å². The molecule has 0 spiro atoms. The first kappa shape index (κ1) is 16.7. The van der Waals surface area contributed by atoms with E-state index in [1.807, 2.05) is 0 Å². The Morgan fingerprint density at radius 2 is 1.95 bits per heavy atom. The highest BCUT2D eigenvalue weighted by atomic mass is 19.4. The Labute approximate surface area is 118 Å². The van der Waals surface area contributed by atoms with E-state index in [0.717, 1.165) is 0 Å². The lowest BCUT2D eigenvalue weighted by molar-refractivity contribution is -0.385. The molecular weight excluding hydrogens is 291 g/mol. The molecule has 9 heteroatoms. The Hall–Kier alpha value is -2.32. The molecule has 6 nitrogen and oxygen atoms in total. The maximum Gasteiger partial charge on any atom is 0.390 e. The number of hydrogen-bond donors (Lipinski definition) is 2. The van der Waals surface area contributed by atoms with E-state index < -0.39 is 30.1 Å². The summed E-state index contributed by atoms with van der Waals surface area (Å²) in [5.41, 5.74) is 0.856. The van der Waals surface area contributed by atoms with Gasteiger partial charge in [-0.05, 0) is 19.4 Å². The standard InChI is InChI=1S/C12H14F3N3O3/c1-7-3-4-9(18(20)21)8(2)10(7)17-11(19)16-6-5-12(13,14)15/h3-4H,5-6H2,1-2H3,(H2,16,17,19). The van der Waals surface area contributed by atoms with Crippen LogP contribution >= 0.6 is 0 Å². The molecule has 0 saturated carbocycles. The summed E-state index contributed by atoms with van der Waals surface area (Å²) in [6.07, 6.45) is -5.50. The van der Waals surface area contributed by atoms with Crippen LogP contribution in [0.4, 0.5) is 29.3 Å². The number of carbonyl (C=O) groups excluding carboxylic acids is 1. The second-order valence-corrected chi connectivity index (χ2v) is 4.40. The first-order valence-corrected chi connectivity index (χ1v) is 5.98. The highest BCUT2D eigenvalue weighted by molar-refractivity contribution is 5.91. The largest absolute Gasteiger partial charge is 0.390 e. The zero-order valence-corrected chi connectivity index (χ0v) is 11.4. The van der Waals surface area contributed by atoms with Crippen LogP contribution in [-0.2, 0) is 0 Å². The van der Waals surface area contributed by atoms with Gasteiger partial charge in [-0.3, -0.25) is 10.1 Å². The molecular formula is C12H14F3N3O3. The maximum absolute atomic E-state index is 12.0. The number of nitro benzene ring substituents is 1. The van der Waals surface area contributed by atoms with Crippen molar-refractivity contribution in [1.29, 1.82) is 0 Å². The fourth-order valence-corrected chi connectivity index (χ4v) is 1.70. The van der Waals surface area contributed by atoms with Crippen LogP contribution in [0.25, 0.3) is 0 Å². The zero-order chi connectivity index (χ0) is 16.2. The van der Waals surface area contributed by atoms with E-state index in [0.29, 0.717) is 5.56 Å². The Kier molecular flexibility index (Phi) is 5.12. The van der Waals surface area contributed by atoms with Gasteiger partial charge in [-0.2, -0.15) is 13.2 Å². The SMILES string of the molecule is Cc1ccc([N+](=O)[O-])c(C)c1NC(=O)NCCC(F)(F)F. The van der Waals surface area contributed by atoms with E-state index in [4.69, 9.17) is 0 Å². The number of nitrogens with one attached hydrogen (secondary N) is 2. The summed E-state index contributed by atoms with van der Waals surface area (Å²) in [6, 6.07) is 1.92. The van der Waals surface area contributed by atoms with Crippen LogP contribution in [0.2, 0.25) is 0 Å². The first-order valence-electron chi connectivity index (χ1n) is 5.98. The van der Waals surface area contributed by atoms with Gasteiger partial charge in [0.25, 0.3) is 5.69 Å². The Morgan fingerprint density at radius 1 is 1.33 bits per heavy atom. The number of benzene rings is 1. The molecule has 0 aliphatic heterocycles. The molecule has 2 amide bonds. The molecule has 0 unspecified atom stereocenters. The Morgan fingerprint density at radius 3 is 2.48 bits per heavy atom. The third kappa shape index (κ3) is 4.93. The predicted molar refractivity (Wildman–Crippen MR) is 70.3 cm³/mol. The van der Waals surface area contributed by atoms with Gasteiger partial charge in [0.2, 0.25) is 0 Å². The number of urea groups is 1. The number of hydrogen-bond acceptors (Lipinski definition) is 3. The van der Waals surface area contributed by atoms with Gasteiger partial charge >= 0.3 is 12.2 Å². The maximum atomic E-state index is 12.0. The zero-order valence-electron chi connectivity index (χ0n) is 11.4. The van der Waals surface area contributed by atoms with E-state index in [1.165, 1.54) is 19.1 Å². The molecule has 1 aromatic carbocycles. The molecule has 1 aromatic rings. The molecule has 21 heavy (non-hydrogen) atoms. The van der Waals surface area contributed by atoms with Crippen LogP contribution in [0.1, 0.15) is 17.5 Å². The number of anilines is 1. The Balaban J connectivity index is 2.76. The van der Waals surface area contributed by atoms with Crippen LogP contribution in [-0.4, -0.2) is 23.7 Å². The van der Waals surface area contributed by atoms with Gasteiger partial charge < -0.3 is 10.6 Å². The van der Waals surface area contributed by atoms with Crippen LogP contribution < -0.4 is 10.6 Å². The summed E-state index contributed by atoms with van der Waals surface area (Å²) in [7, 11) is 0. The van der Waals surface area contributed by atoms with Crippen molar-refractivity contribution in [2.24, 2.45) is 0 Å². The molecule has 1 rings (SSSR count). The van der Waals surface area contributed by atoms with Crippen LogP contribution in [0.5, 0.6) is 0 Å². The van der Waals surface area contributed by atoms with Crippen molar-refractivity contribution in [2.75, 3.05) is 11.9 Å². The van der Waals surface area contributed by atoms with E-state index in [2.05, 4.69) is 10.6 Å². The number of nitrogens with zero attached hydrogens (tertiary/aromatic N) is 1. The third-order valence-corrected chi connectivity index (χ3v) is 2.77. The molecule has 0 aliphatic carbocycles. The van der Waals surface area contributed by atoms with Crippen LogP contribution in [0.3, 0.4) is 0 Å². The van der Waals surface area contributed by atoms with Gasteiger partial charge in [-0.25, -0.2) is 4.79 Å². The molecule has 0 atom stereocenters. The van der Waals surface area contributed by atoms with Gasteiger partial charge in [0.15, 0.2) is 0 Å². The molecule has 0 bridgehead atoms. The summed E-state index contributed by atoms with van der Waals surface area (Å²) in [5.74, 6) is 0. The topological polar surface area (TPSA) is 84.3 Å². The van der Waals surface area contributed by atoms with Crippen molar-refractivity contribution in [2.45, 2.75) is 26.4 Å². The molecule has 2 N–H and O–H groups in total. The van der Waals surface area contributed by atoms with E-state index in [9.17, 15) is 28.1 Å². The number of amides is 2. The Bertz CT molecular complexity index is 559. The lowest BCUT2D eigenvalue weighted by Gasteiger charge is -2.13. The molecule has 0 aromatic heterocycles. The lowest BCUT2D eigenvalue weighted by atomic mass is 10.1. The van der Waals surface area contributed by atoms with Crippen molar-refractivity contribution < 1.29 is 22.9 Å². The summed E-state index contributed by atoms with van der Waals surface area (Å²) in [6.45, 7) is 2.51. The number of halogens is 3. The molecule has 116 valence electrons. The normalized spacial score (nSPS) is 11.1. The van der Waals surface area contributed by atoms with Crippen molar-refractivity contribution in [1.82, 2.24) is 5.32 Å². The highest BCUT2D eigenvalue weighted by Crippen LogP contribution is 2.28. The molecule has 0 radical (unpaired) electrons. The summed E-state index contributed by atoms with van der Waals surface area (Å²) in [4.78, 5) is 21.7. The van der Waals surface area contributed by atoms with Gasteiger partial charge in [0, 0.05) is 12.6 Å². The van der Waals surface area contributed by atoms with Crippen molar-refractivity contribution in [3.8, 4) is 0 Å². The van der Waals surface area contributed by atoms with Crippen molar-refractivity contribution >= 4 is 17.4 Å².